The van der Waals surface area contributed by atoms with Crippen molar-refractivity contribution in [2.75, 3.05) is 27.8 Å². The van der Waals surface area contributed by atoms with Crippen LogP contribution in [0.1, 0.15) is 33.9 Å². The maximum Gasteiger partial charge on any atom is 0.262 e. The molecule has 35 heavy (non-hydrogen) atoms. The lowest BCUT2D eigenvalue weighted by atomic mass is 9.98. The number of ether oxygens (including phenoxy) is 2. The fourth-order valence-corrected chi connectivity index (χ4v) is 4.23. The minimum atomic E-state index is -0.329. The minimum Gasteiger partial charge on any atom is -0.497 e. The summed E-state index contributed by atoms with van der Waals surface area (Å²) >= 11 is 6.42. The van der Waals surface area contributed by atoms with Crippen LogP contribution < -0.4 is 9.47 Å². The van der Waals surface area contributed by atoms with Gasteiger partial charge in [-0.15, -0.1) is 0 Å². The number of methoxy groups -OCH3 is 2. The van der Waals surface area contributed by atoms with Crippen LogP contribution in [0.25, 0.3) is 0 Å². The van der Waals surface area contributed by atoms with E-state index in [9.17, 15) is 9.59 Å². The highest BCUT2D eigenvalue weighted by atomic mass is 35.5. The normalized spacial score (nSPS) is 14.9. The lowest BCUT2D eigenvalue weighted by molar-refractivity contribution is -0.133. The van der Waals surface area contributed by atoms with Gasteiger partial charge in [-0.2, -0.15) is 5.10 Å². The van der Waals surface area contributed by atoms with Gasteiger partial charge in [-0.25, -0.2) is 5.01 Å². The van der Waals surface area contributed by atoms with Crippen LogP contribution >= 0.6 is 11.6 Å². The number of rotatable bonds is 7. The van der Waals surface area contributed by atoms with Crippen molar-refractivity contribution in [3.05, 3.63) is 94.5 Å². The monoisotopic (exact) mass is 491 g/mol. The van der Waals surface area contributed by atoms with Crippen LogP contribution in [0.5, 0.6) is 11.5 Å². The number of carbonyl (C=O) groups excluding carboxylic acids is 2. The molecule has 0 radical (unpaired) electrons. The van der Waals surface area contributed by atoms with Crippen molar-refractivity contribution >= 4 is 29.1 Å². The van der Waals surface area contributed by atoms with Gasteiger partial charge in [-0.3, -0.25) is 9.59 Å². The summed E-state index contributed by atoms with van der Waals surface area (Å²) in [5.74, 6) is 0.816. The van der Waals surface area contributed by atoms with Crippen molar-refractivity contribution in [3.8, 4) is 11.5 Å². The molecule has 4 rings (SSSR count). The predicted octanol–water partition coefficient (Wildman–Crippen LogP) is 4.81. The number of nitrogens with zero attached hydrogens (tertiary/aromatic N) is 3. The van der Waals surface area contributed by atoms with Crippen LogP contribution in [0.4, 0.5) is 0 Å². The van der Waals surface area contributed by atoms with E-state index in [0.29, 0.717) is 28.5 Å². The zero-order chi connectivity index (χ0) is 24.9. The van der Waals surface area contributed by atoms with Crippen LogP contribution in [0.15, 0.2) is 77.9 Å². The SMILES string of the molecule is COc1ccc(C(=O)N(C)CC(=O)N2N=C(c3ccccc3Cl)C[C@H]2c2ccc(OC)cc2)cc1. The molecule has 0 N–H and O–H groups in total. The molecule has 8 heteroatoms. The zero-order valence-electron chi connectivity index (χ0n) is 19.8. The average Bonchev–Trinajstić information content (AvgIpc) is 3.34. The summed E-state index contributed by atoms with van der Waals surface area (Å²) < 4.78 is 10.4. The molecule has 1 atom stereocenters. The van der Waals surface area contributed by atoms with Crippen molar-refractivity contribution in [1.29, 1.82) is 0 Å². The lowest BCUT2D eigenvalue weighted by Gasteiger charge is -2.25. The summed E-state index contributed by atoms with van der Waals surface area (Å²) in [7, 11) is 4.77. The zero-order valence-corrected chi connectivity index (χ0v) is 20.5. The van der Waals surface area contributed by atoms with Gasteiger partial charge < -0.3 is 14.4 Å². The van der Waals surface area contributed by atoms with E-state index in [1.165, 1.54) is 9.91 Å². The second-order valence-electron chi connectivity index (χ2n) is 8.15. The number of carbonyl (C=O) groups is 2. The molecule has 2 amide bonds. The molecule has 1 heterocycles. The fourth-order valence-electron chi connectivity index (χ4n) is 3.99. The summed E-state index contributed by atoms with van der Waals surface area (Å²) in [6.07, 6.45) is 0.498. The number of hydrogen-bond donors (Lipinski definition) is 0. The number of amides is 2. The smallest absolute Gasteiger partial charge is 0.262 e. The molecule has 0 fully saturated rings. The molecule has 0 saturated carbocycles. The highest BCUT2D eigenvalue weighted by Crippen LogP contribution is 2.35. The van der Waals surface area contributed by atoms with E-state index < -0.39 is 0 Å². The molecular weight excluding hydrogens is 466 g/mol. The van der Waals surface area contributed by atoms with Crippen LogP contribution in [0, 0.1) is 0 Å². The Kier molecular flexibility index (Phi) is 7.36. The van der Waals surface area contributed by atoms with E-state index in [1.807, 2.05) is 42.5 Å². The molecule has 1 aliphatic rings. The number of hydrogen-bond acceptors (Lipinski definition) is 5. The van der Waals surface area contributed by atoms with Crippen molar-refractivity contribution in [2.24, 2.45) is 5.10 Å². The van der Waals surface area contributed by atoms with E-state index in [0.717, 1.165) is 16.9 Å². The molecule has 3 aromatic carbocycles. The Morgan fingerprint density at radius 2 is 1.57 bits per heavy atom. The van der Waals surface area contributed by atoms with Crippen LogP contribution in [0.2, 0.25) is 5.02 Å². The molecule has 0 bridgehead atoms. The Labute approximate surface area is 209 Å². The maximum absolute atomic E-state index is 13.4. The largest absolute Gasteiger partial charge is 0.497 e. The van der Waals surface area contributed by atoms with Gasteiger partial charge in [0.25, 0.3) is 11.8 Å². The molecule has 0 aliphatic carbocycles. The molecule has 1 aliphatic heterocycles. The van der Waals surface area contributed by atoms with Crippen molar-refractivity contribution < 1.29 is 19.1 Å². The Bertz CT molecular complexity index is 1240. The van der Waals surface area contributed by atoms with Gasteiger partial charge in [-0.05, 0) is 48.0 Å². The van der Waals surface area contributed by atoms with Gasteiger partial charge in [-0.1, -0.05) is 41.9 Å². The number of halogens is 1. The van der Waals surface area contributed by atoms with Crippen LogP contribution in [-0.2, 0) is 4.79 Å². The van der Waals surface area contributed by atoms with E-state index in [2.05, 4.69) is 5.10 Å². The molecule has 0 unspecified atom stereocenters. The fraction of sp³-hybridized carbons (Fsp3) is 0.222. The first-order valence-corrected chi connectivity index (χ1v) is 11.5. The first-order chi connectivity index (χ1) is 16.9. The van der Waals surface area contributed by atoms with Gasteiger partial charge >= 0.3 is 0 Å². The Hall–Kier alpha value is -3.84. The van der Waals surface area contributed by atoms with Gasteiger partial charge in [0.1, 0.15) is 18.0 Å². The summed E-state index contributed by atoms with van der Waals surface area (Å²) in [5, 5.41) is 6.68. The summed E-state index contributed by atoms with van der Waals surface area (Å²) in [6, 6.07) is 21.4. The molecule has 0 spiro atoms. The average molecular weight is 492 g/mol. The Balaban J connectivity index is 1.58. The van der Waals surface area contributed by atoms with Crippen molar-refractivity contribution in [1.82, 2.24) is 9.91 Å². The van der Waals surface area contributed by atoms with E-state index >= 15 is 0 Å². The van der Waals surface area contributed by atoms with Crippen LogP contribution in [0.3, 0.4) is 0 Å². The highest BCUT2D eigenvalue weighted by molar-refractivity contribution is 6.34. The third-order valence-corrected chi connectivity index (χ3v) is 6.24. The molecular formula is C27H26ClN3O4. The topological polar surface area (TPSA) is 71.4 Å². The van der Waals surface area contributed by atoms with Crippen LogP contribution in [-0.4, -0.2) is 55.2 Å². The van der Waals surface area contributed by atoms with E-state index in [-0.39, 0.29) is 24.4 Å². The van der Waals surface area contributed by atoms with Gasteiger partial charge in [0, 0.05) is 29.6 Å². The van der Waals surface area contributed by atoms with Gasteiger partial charge in [0.05, 0.1) is 26.0 Å². The van der Waals surface area contributed by atoms with Crippen molar-refractivity contribution in [3.63, 3.8) is 0 Å². The summed E-state index contributed by atoms with van der Waals surface area (Å²) in [4.78, 5) is 27.7. The summed E-state index contributed by atoms with van der Waals surface area (Å²) in [6.45, 7) is -0.128. The molecule has 7 nitrogen and oxygen atoms in total. The third kappa shape index (κ3) is 5.30. The Morgan fingerprint density at radius 3 is 2.17 bits per heavy atom. The molecule has 0 aromatic heterocycles. The molecule has 0 saturated heterocycles. The number of benzene rings is 3. The minimum absolute atomic E-state index is 0.128. The van der Waals surface area contributed by atoms with Gasteiger partial charge in [0.2, 0.25) is 0 Å². The predicted molar refractivity (Wildman–Crippen MR) is 135 cm³/mol. The number of hydrazone groups is 1. The highest BCUT2D eigenvalue weighted by Gasteiger charge is 2.34. The quantitative estimate of drug-likeness (QED) is 0.475. The third-order valence-electron chi connectivity index (χ3n) is 5.91. The molecule has 3 aromatic rings. The van der Waals surface area contributed by atoms with E-state index in [1.54, 1.807) is 51.6 Å². The Morgan fingerprint density at radius 1 is 0.971 bits per heavy atom. The number of likely N-dealkylation sites (N-methyl/N-ethyl adjacent to an activating group) is 1. The molecule has 180 valence electrons. The van der Waals surface area contributed by atoms with Gasteiger partial charge in [0.15, 0.2) is 0 Å². The first-order valence-electron chi connectivity index (χ1n) is 11.1. The van der Waals surface area contributed by atoms with E-state index in [4.69, 9.17) is 21.1 Å². The second-order valence-corrected chi connectivity index (χ2v) is 8.55. The maximum atomic E-state index is 13.4. The summed E-state index contributed by atoms with van der Waals surface area (Å²) in [5.41, 5.74) is 2.88. The lowest BCUT2D eigenvalue weighted by Crippen LogP contribution is -2.39. The standard InChI is InChI=1S/C27H26ClN3O4/c1-30(27(33)19-10-14-21(35-3)15-11-19)17-26(32)31-25(18-8-12-20(34-2)13-9-18)16-24(29-31)22-6-4-5-7-23(22)28/h4-15,25H,16-17H2,1-3H3/t25-/m0/s1. The second kappa shape index (κ2) is 10.6. The van der Waals surface area contributed by atoms with Crippen molar-refractivity contribution in [2.45, 2.75) is 12.5 Å². The first kappa shape index (κ1) is 24.3.